The Morgan fingerprint density at radius 2 is 2.23 bits per heavy atom. The van der Waals surface area contributed by atoms with Crippen LogP contribution in [0.4, 0.5) is 5.69 Å². The summed E-state index contributed by atoms with van der Waals surface area (Å²) in [6.45, 7) is 3.38. The summed E-state index contributed by atoms with van der Waals surface area (Å²) in [7, 11) is 0. The van der Waals surface area contributed by atoms with Crippen molar-refractivity contribution in [3.8, 4) is 5.75 Å². The van der Waals surface area contributed by atoms with Crippen LogP contribution in [0.1, 0.15) is 19.4 Å². The summed E-state index contributed by atoms with van der Waals surface area (Å²) in [6, 6.07) is 5.10. The van der Waals surface area contributed by atoms with Gasteiger partial charge in [0.25, 0.3) is 0 Å². The Labute approximate surface area is 77.4 Å². The number of rotatable bonds is 2. The molecular formula is C10H13NO2. The highest BCUT2D eigenvalue weighted by Crippen LogP contribution is 2.25. The van der Waals surface area contributed by atoms with E-state index in [1.165, 1.54) is 6.92 Å². The van der Waals surface area contributed by atoms with Crippen LogP contribution in [0.2, 0.25) is 0 Å². The fourth-order valence-corrected chi connectivity index (χ4v) is 1.25. The molecule has 3 heteroatoms. The van der Waals surface area contributed by atoms with Crippen molar-refractivity contribution in [3.63, 3.8) is 0 Å². The largest absolute Gasteiger partial charge is 0.508 e. The molecule has 0 aromatic heterocycles. The molecule has 1 aromatic carbocycles. The lowest BCUT2D eigenvalue weighted by atomic mass is 10.1. The van der Waals surface area contributed by atoms with Crippen LogP contribution in [0, 0.1) is 0 Å². The van der Waals surface area contributed by atoms with Crippen LogP contribution in [0.5, 0.6) is 5.75 Å². The summed E-state index contributed by atoms with van der Waals surface area (Å²) in [5.74, 6) is 0.106. The molecule has 0 atom stereocenters. The van der Waals surface area contributed by atoms with Gasteiger partial charge < -0.3 is 10.4 Å². The number of hydrogen-bond donors (Lipinski definition) is 2. The van der Waals surface area contributed by atoms with Gasteiger partial charge in [0, 0.05) is 18.2 Å². The van der Waals surface area contributed by atoms with E-state index in [1.807, 2.05) is 6.92 Å². The second kappa shape index (κ2) is 3.94. The van der Waals surface area contributed by atoms with Crippen LogP contribution in [-0.2, 0) is 11.2 Å². The molecule has 0 saturated carbocycles. The molecule has 2 N–H and O–H groups in total. The first-order valence-corrected chi connectivity index (χ1v) is 4.23. The van der Waals surface area contributed by atoms with Gasteiger partial charge in [-0.25, -0.2) is 0 Å². The van der Waals surface area contributed by atoms with Gasteiger partial charge >= 0.3 is 0 Å². The summed E-state index contributed by atoms with van der Waals surface area (Å²) in [5.41, 5.74) is 1.47. The molecule has 0 aliphatic heterocycles. The average molecular weight is 179 g/mol. The topological polar surface area (TPSA) is 49.3 Å². The molecule has 3 nitrogen and oxygen atoms in total. The minimum atomic E-state index is -0.125. The standard InChI is InChI=1S/C10H13NO2/c1-3-8-9(11-7(2)12)5-4-6-10(8)13/h4-6,13H,3H2,1-2H3,(H,11,12). The molecule has 70 valence electrons. The maximum absolute atomic E-state index is 10.8. The molecule has 0 bridgehead atoms. The van der Waals surface area contributed by atoms with E-state index in [-0.39, 0.29) is 11.7 Å². The van der Waals surface area contributed by atoms with E-state index in [9.17, 15) is 9.90 Å². The number of benzene rings is 1. The number of amides is 1. The third-order valence-electron chi connectivity index (χ3n) is 1.82. The smallest absolute Gasteiger partial charge is 0.221 e. The maximum atomic E-state index is 10.8. The Morgan fingerprint density at radius 3 is 2.77 bits per heavy atom. The zero-order valence-electron chi connectivity index (χ0n) is 7.79. The quantitative estimate of drug-likeness (QED) is 0.728. The van der Waals surface area contributed by atoms with Crippen LogP contribution in [0.15, 0.2) is 18.2 Å². The van der Waals surface area contributed by atoms with Crippen LogP contribution >= 0.6 is 0 Å². The number of phenols is 1. The fourth-order valence-electron chi connectivity index (χ4n) is 1.25. The summed E-state index contributed by atoms with van der Waals surface area (Å²) in [5, 5.41) is 12.1. The van der Waals surface area contributed by atoms with Gasteiger partial charge in [-0.2, -0.15) is 0 Å². The lowest BCUT2D eigenvalue weighted by Crippen LogP contribution is -2.07. The number of aromatic hydroxyl groups is 1. The van der Waals surface area contributed by atoms with Gasteiger partial charge in [-0.3, -0.25) is 4.79 Å². The van der Waals surface area contributed by atoms with Gasteiger partial charge in [-0.05, 0) is 18.6 Å². The van der Waals surface area contributed by atoms with Crippen molar-refractivity contribution in [2.45, 2.75) is 20.3 Å². The van der Waals surface area contributed by atoms with Crippen molar-refractivity contribution in [3.05, 3.63) is 23.8 Å². The predicted octanol–water partition coefficient (Wildman–Crippen LogP) is 1.91. The van der Waals surface area contributed by atoms with Gasteiger partial charge in [0.05, 0.1) is 0 Å². The van der Waals surface area contributed by atoms with Gasteiger partial charge in [0.15, 0.2) is 0 Å². The van der Waals surface area contributed by atoms with E-state index < -0.39 is 0 Å². The van der Waals surface area contributed by atoms with Crippen molar-refractivity contribution in [2.75, 3.05) is 5.32 Å². The molecule has 0 spiro atoms. The zero-order chi connectivity index (χ0) is 9.84. The van der Waals surface area contributed by atoms with Crippen molar-refractivity contribution in [1.82, 2.24) is 0 Å². The molecular weight excluding hydrogens is 166 g/mol. The summed E-state index contributed by atoms with van der Waals surface area (Å²) < 4.78 is 0. The minimum Gasteiger partial charge on any atom is -0.508 e. The predicted molar refractivity (Wildman–Crippen MR) is 51.8 cm³/mol. The molecule has 0 fully saturated rings. The van der Waals surface area contributed by atoms with Crippen LogP contribution in [0.3, 0.4) is 0 Å². The Morgan fingerprint density at radius 1 is 1.54 bits per heavy atom. The van der Waals surface area contributed by atoms with Gasteiger partial charge in [0.2, 0.25) is 5.91 Å². The number of carbonyl (C=O) groups excluding carboxylic acids is 1. The second-order valence-electron chi connectivity index (χ2n) is 2.84. The maximum Gasteiger partial charge on any atom is 0.221 e. The molecule has 0 unspecified atom stereocenters. The highest BCUT2D eigenvalue weighted by atomic mass is 16.3. The Bertz CT molecular complexity index is 321. The lowest BCUT2D eigenvalue weighted by Gasteiger charge is -2.09. The van der Waals surface area contributed by atoms with Crippen molar-refractivity contribution >= 4 is 11.6 Å². The fraction of sp³-hybridized carbons (Fsp3) is 0.300. The number of phenolic OH excluding ortho intramolecular Hbond substituents is 1. The molecule has 0 radical (unpaired) electrons. The van der Waals surface area contributed by atoms with Crippen molar-refractivity contribution < 1.29 is 9.90 Å². The van der Waals surface area contributed by atoms with Gasteiger partial charge in [-0.15, -0.1) is 0 Å². The molecule has 0 heterocycles. The molecule has 1 rings (SSSR count). The Kier molecular flexibility index (Phi) is 2.90. The van der Waals surface area contributed by atoms with Crippen LogP contribution < -0.4 is 5.32 Å². The summed E-state index contributed by atoms with van der Waals surface area (Å²) in [4.78, 5) is 10.8. The Hall–Kier alpha value is -1.51. The minimum absolute atomic E-state index is 0.125. The lowest BCUT2D eigenvalue weighted by molar-refractivity contribution is -0.114. The average Bonchev–Trinajstić information content (AvgIpc) is 2.03. The SMILES string of the molecule is CCc1c(O)cccc1NC(C)=O. The van der Waals surface area contributed by atoms with Crippen LogP contribution in [0.25, 0.3) is 0 Å². The monoisotopic (exact) mass is 179 g/mol. The number of anilines is 1. The molecule has 1 amide bonds. The molecule has 1 aromatic rings. The van der Waals surface area contributed by atoms with E-state index in [0.29, 0.717) is 12.1 Å². The second-order valence-corrected chi connectivity index (χ2v) is 2.84. The molecule has 0 aliphatic carbocycles. The van der Waals surface area contributed by atoms with E-state index >= 15 is 0 Å². The summed E-state index contributed by atoms with van der Waals surface area (Å²) in [6.07, 6.45) is 0.697. The highest BCUT2D eigenvalue weighted by molar-refractivity contribution is 5.89. The first kappa shape index (κ1) is 9.58. The van der Waals surface area contributed by atoms with Gasteiger partial charge in [-0.1, -0.05) is 13.0 Å². The van der Waals surface area contributed by atoms with E-state index in [1.54, 1.807) is 18.2 Å². The first-order valence-electron chi connectivity index (χ1n) is 4.23. The number of hydrogen-bond acceptors (Lipinski definition) is 2. The summed E-state index contributed by atoms with van der Waals surface area (Å²) >= 11 is 0. The van der Waals surface area contributed by atoms with E-state index in [4.69, 9.17) is 0 Å². The Balaban J connectivity index is 3.05. The zero-order valence-corrected chi connectivity index (χ0v) is 7.79. The van der Waals surface area contributed by atoms with Crippen molar-refractivity contribution in [2.24, 2.45) is 0 Å². The van der Waals surface area contributed by atoms with Gasteiger partial charge in [0.1, 0.15) is 5.75 Å². The molecule has 13 heavy (non-hydrogen) atoms. The number of carbonyl (C=O) groups is 1. The third kappa shape index (κ3) is 2.21. The van der Waals surface area contributed by atoms with E-state index in [0.717, 1.165) is 5.56 Å². The third-order valence-corrected chi connectivity index (χ3v) is 1.82. The van der Waals surface area contributed by atoms with Crippen LogP contribution in [-0.4, -0.2) is 11.0 Å². The first-order chi connectivity index (χ1) is 6.15. The normalized spacial score (nSPS) is 9.69. The molecule has 0 saturated heterocycles. The van der Waals surface area contributed by atoms with Crippen molar-refractivity contribution in [1.29, 1.82) is 0 Å². The number of nitrogens with one attached hydrogen (secondary N) is 1. The van der Waals surface area contributed by atoms with E-state index in [2.05, 4.69) is 5.32 Å². The highest BCUT2D eigenvalue weighted by Gasteiger charge is 2.05. The molecule has 0 aliphatic rings.